The number of methoxy groups -OCH3 is 1. The molecular weight excluding hydrogens is 458 g/mol. The van der Waals surface area contributed by atoms with E-state index in [1.54, 1.807) is 68.6 Å². The zero-order valence-electron chi connectivity index (χ0n) is 19.6. The van der Waals surface area contributed by atoms with E-state index in [2.05, 4.69) is 31.4 Å². The molecule has 0 aliphatic rings. The lowest BCUT2D eigenvalue weighted by molar-refractivity contribution is -0.117. The lowest BCUT2D eigenvalue weighted by Gasteiger charge is -2.10. The number of hydrogen-bond donors (Lipinski definition) is 2. The topological polar surface area (TPSA) is 123 Å². The maximum atomic E-state index is 13.0. The van der Waals surface area contributed by atoms with E-state index in [4.69, 9.17) is 4.74 Å². The molecule has 0 fully saturated rings. The van der Waals surface area contributed by atoms with Crippen LogP contribution < -0.4 is 15.5 Å². The second-order valence-electron chi connectivity index (χ2n) is 7.59. The lowest BCUT2D eigenvalue weighted by atomic mass is 10.1. The number of nitrogens with one attached hydrogen (secondary N) is 2. The first-order chi connectivity index (χ1) is 17.5. The molecule has 2 N–H and O–H groups in total. The van der Waals surface area contributed by atoms with Gasteiger partial charge < -0.3 is 10.1 Å². The van der Waals surface area contributed by atoms with Crippen LogP contribution in [0.5, 0.6) is 5.75 Å². The summed E-state index contributed by atoms with van der Waals surface area (Å²) in [6.07, 6.45) is 3.07. The molecule has 1 aromatic heterocycles. The molecule has 4 rings (SSSR count). The number of rotatable bonds is 8. The third kappa shape index (κ3) is 6.06. The summed E-state index contributed by atoms with van der Waals surface area (Å²) in [5.74, 6) is -0.304. The second-order valence-corrected chi connectivity index (χ2v) is 7.59. The smallest absolute Gasteiger partial charge is 0.287 e. The molecule has 0 atom stereocenters. The van der Waals surface area contributed by atoms with Gasteiger partial charge in [0.05, 0.1) is 18.5 Å². The number of carbonyl (C=O) groups is 2. The molecule has 0 unspecified atom stereocenters. The summed E-state index contributed by atoms with van der Waals surface area (Å²) in [4.78, 5) is 25.8. The van der Waals surface area contributed by atoms with Crippen LogP contribution in [-0.4, -0.2) is 44.8 Å². The van der Waals surface area contributed by atoms with Crippen molar-refractivity contribution in [3.8, 4) is 11.4 Å². The van der Waals surface area contributed by atoms with Crippen molar-refractivity contribution in [2.24, 2.45) is 5.10 Å². The van der Waals surface area contributed by atoms with E-state index in [0.717, 1.165) is 11.3 Å². The Labute approximate surface area is 207 Å². The van der Waals surface area contributed by atoms with Gasteiger partial charge in [-0.25, -0.2) is 10.1 Å². The van der Waals surface area contributed by atoms with Crippen LogP contribution in [0.25, 0.3) is 11.8 Å². The molecule has 10 nitrogen and oxygen atoms in total. The fourth-order valence-electron chi connectivity index (χ4n) is 3.20. The van der Waals surface area contributed by atoms with Crippen molar-refractivity contribution in [1.29, 1.82) is 0 Å². The van der Waals surface area contributed by atoms with Crippen molar-refractivity contribution in [3.05, 3.63) is 108 Å². The predicted octanol–water partition coefficient (Wildman–Crippen LogP) is 2.98. The van der Waals surface area contributed by atoms with Crippen LogP contribution in [-0.2, 0) is 4.79 Å². The zero-order chi connectivity index (χ0) is 25.3. The van der Waals surface area contributed by atoms with Crippen molar-refractivity contribution >= 4 is 23.6 Å². The van der Waals surface area contributed by atoms with E-state index >= 15 is 0 Å². The minimum Gasteiger partial charge on any atom is -0.497 e. The van der Waals surface area contributed by atoms with Gasteiger partial charge in [0.1, 0.15) is 17.8 Å². The van der Waals surface area contributed by atoms with Gasteiger partial charge in [0.15, 0.2) is 0 Å². The zero-order valence-corrected chi connectivity index (χ0v) is 19.6. The number of hydrazone groups is 1. The summed E-state index contributed by atoms with van der Waals surface area (Å²) in [7, 11) is 1.57. The van der Waals surface area contributed by atoms with Gasteiger partial charge in [-0.15, -0.1) is 5.10 Å². The van der Waals surface area contributed by atoms with Crippen LogP contribution in [0.4, 0.5) is 0 Å². The summed E-state index contributed by atoms with van der Waals surface area (Å²) < 4.78 is 6.71. The molecule has 0 spiro atoms. The van der Waals surface area contributed by atoms with E-state index in [1.807, 2.05) is 30.3 Å². The molecule has 180 valence electrons. The first-order valence-electron chi connectivity index (χ1n) is 10.9. The molecule has 0 aliphatic carbocycles. The number of nitrogens with zero attached hydrogens (tertiary/aromatic N) is 5. The van der Waals surface area contributed by atoms with E-state index in [0.29, 0.717) is 22.6 Å². The normalized spacial score (nSPS) is 11.6. The van der Waals surface area contributed by atoms with Crippen LogP contribution in [0.15, 0.2) is 96.0 Å². The fourth-order valence-corrected chi connectivity index (χ4v) is 3.20. The Kier molecular flexibility index (Phi) is 7.57. The monoisotopic (exact) mass is 481 g/mol. The van der Waals surface area contributed by atoms with Crippen molar-refractivity contribution in [2.45, 2.75) is 6.92 Å². The van der Waals surface area contributed by atoms with Gasteiger partial charge in [0, 0.05) is 5.56 Å². The highest BCUT2D eigenvalue weighted by molar-refractivity contribution is 6.06. The van der Waals surface area contributed by atoms with Gasteiger partial charge in [0.2, 0.25) is 0 Å². The number of hydrogen-bond acceptors (Lipinski definition) is 7. The predicted molar refractivity (Wildman–Crippen MR) is 134 cm³/mol. The molecule has 2 amide bonds. The minimum absolute atomic E-state index is 0.0413. The van der Waals surface area contributed by atoms with Gasteiger partial charge in [-0.3, -0.25) is 9.59 Å². The molecule has 0 saturated carbocycles. The number of benzene rings is 3. The molecule has 0 aliphatic heterocycles. The highest BCUT2D eigenvalue weighted by Gasteiger charge is 2.15. The molecule has 4 aromatic rings. The molecule has 0 saturated heterocycles. The van der Waals surface area contributed by atoms with Crippen LogP contribution in [0.2, 0.25) is 0 Å². The molecule has 10 heteroatoms. The summed E-state index contributed by atoms with van der Waals surface area (Å²) in [6.45, 7) is 1.77. The maximum Gasteiger partial charge on any atom is 0.287 e. The molecule has 1 heterocycles. The Morgan fingerprint density at radius 3 is 2.31 bits per heavy atom. The Hall–Kier alpha value is -5.12. The number of amides is 2. The standard InChI is InChI=1S/C26H23N7O3/c1-18(20-10-12-22(13-11-20)33-17-27-31-32-33)29-30-26(35)24(16-19-8-14-23(36-2)15-9-19)28-25(34)21-6-4-3-5-7-21/h3-17H,1-2H3,(H,28,34)(H,30,35)/b24-16-,29-18?. The highest BCUT2D eigenvalue weighted by atomic mass is 16.5. The Bertz CT molecular complexity index is 1380. The number of ether oxygens (including phenoxy) is 1. The van der Waals surface area contributed by atoms with E-state index < -0.39 is 11.8 Å². The van der Waals surface area contributed by atoms with Gasteiger partial charge in [0.25, 0.3) is 11.8 Å². The molecule has 0 radical (unpaired) electrons. The lowest BCUT2D eigenvalue weighted by Crippen LogP contribution is -2.33. The second kappa shape index (κ2) is 11.3. The van der Waals surface area contributed by atoms with Gasteiger partial charge in [-0.2, -0.15) is 5.10 Å². The van der Waals surface area contributed by atoms with Crippen LogP contribution in [0.1, 0.15) is 28.4 Å². The first kappa shape index (κ1) is 24.0. The first-order valence-corrected chi connectivity index (χ1v) is 10.9. The third-order valence-electron chi connectivity index (χ3n) is 5.18. The Morgan fingerprint density at radius 2 is 1.67 bits per heavy atom. The average Bonchev–Trinajstić information content (AvgIpc) is 3.47. The summed E-state index contributed by atoms with van der Waals surface area (Å²) in [5.41, 5.74) is 5.85. The number of aromatic nitrogens is 4. The Morgan fingerprint density at radius 1 is 0.944 bits per heavy atom. The van der Waals surface area contributed by atoms with Crippen molar-refractivity contribution < 1.29 is 14.3 Å². The largest absolute Gasteiger partial charge is 0.497 e. The van der Waals surface area contributed by atoms with E-state index in [9.17, 15) is 9.59 Å². The molecule has 0 bridgehead atoms. The van der Waals surface area contributed by atoms with E-state index in [-0.39, 0.29) is 5.70 Å². The summed E-state index contributed by atoms with van der Waals surface area (Å²) in [5, 5.41) is 18.0. The van der Waals surface area contributed by atoms with Crippen molar-refractivity contribution in [2.75, 3.05) is 7.11 Å². The van der Waals surface area contributed by atoms with Crippen LogP contribution in [0.3, 0.4) is 0 Å². The van der Waals surface area contributed by atoms with E-state index in [1.165, 1.54) is 11.0 Å². The van der Waals surface area contributed by atoms with Crippen molar-refractivity contribution in [3.63, 3.8) is 0 Å². The third-order valence-corrected chi connectivity index (χ3v) is 5.18. The minimum atomic E-state index is -0.570. The molecule has 36 heavy (non-hydrogen) atoms. The number of tetrazole rings is 1. The summed E-state index contributed by atoms with van der Waals surface area (Å²) in [6, 6.07) is 23.1. The van der Waals surface area contributed by atoms with Crippen molar-refractivity contribution in [1.82, 2.24) is 30.9 Å². The Balaban J connectivity index is 1.53. The molecule has 3 aromatic carbocycles. The van der Waals surface area contributed by atoms with Gasteiger partial charge in [-0.1, -0.05) is 42.5 Å². The maximum absolute atomic E-state index is 13.0. The van der Waals surface area contributed by atoms with Gasteiger partial charge in [-0.05, 0) is 71.0 Å². The average molecular weight is 482 g/mol. The fraction of sp³-hybridized carbons (Fsp3) is 0.0769. The number of carbonyl (C=O) groups excluding carboxylic acids is 2. The van der Waals surface area contributed by atoms with Crippen LogP contribution in [0, 0.1) is 0 Å². The quantitative estimate of drug-likeness (QED) is 0.227. The summed E-state index contributed by atoms with van der Waals surface area (Å²) >= 11 is 0. The SMILES string of the molecule is COc1ccc(/C=C(\NC(=O)c2ccccc2)C(=O)NN=C(C)c2ccc(-n3cnnn3)cc2)cc1. The molecular formula is C26H23N7O3. The van der Waals surface area contributed by atoms with Gasteiger partial charge >= 0.3 is 0 Å². The highest BCUT2D eigenvalue weighted by Crippen LogP contribution is 2.14. The van der Waals surface area contributed by atoms with Crippen LogP contribution >= 0.6 is 0 Å².